The van der Waals surface area contributed by atoms with E-state index in [0.29, 0.717) is 6.04 Å². The van der Waals surface area contributed by atoms with E-state index in [4.69, 9.17) is 0 Å². The Morgan fingerprint density at radius 2 is 1.94 bits per heavy atom. The SMILES string of the molecule is CC(C)Nc1ncc(CO)c2ccccc12. The molecular weight excluding hydrogens is 200 g/mol. The van der Waals surface area contributed by atoms with Gasteiger partial charge in [0.15, 0.2) is 0 Å². The van der Waals surface area contributed by atoms with E-state index in [1.165, 1.54) is 0 Å². The van der Waals surface area contributed by atoms with Crippen LogP contribution in [0.4, 0.5) is 5.82 Å². The van der Waals surface area contributed by atoms with Crippen molar-refractivity contribution in [3.63, 3.8) is 0 Å². The van der Waals surface area contributed by atoms with Crippen molar-refractivity contribution in [3.8, 4) is 0 Å². The van der Waals surface area contributed by atoms with E-state index in [-0.39, 0.29) is 6.61 Å². The third-order valence-electron chi connectivity index (χ3n) is 2.47. The third kappa shape index (κ3) is 1.99. The lowest BCUT2D eigenvalue weighted by Gasteiger charge is -2.13. The van der Waals surface area contributed by atoms with Crippen LogP contribution < -0.4 is 5.32 Å². The summed E-state index contributed by atoms with van der Waals surface area (Å²) in [5.41, 5.74) is 0.866. The van der Waals surface area contributed by atoms with E-state index >= 15 is 0 Å². The summed E-state index contributed by atoms with van der Waals surface area (Å²) in [6, 6.07) is 8.33. The van der Waals surface area contributed by atoms with Crippen molar-refractivity contribution >= 4 is 16.6 Å². The number of hydrogen-bond acceptors (Lipinski definition) is 3. The first-order chi connectivity index (χ1) is 7.72. The molecule has 2 aromatic rings. The van der Waals surface area contributed by atoms with Crippen LogP contribution in [0, 0.1) is 0 Å². The zero-order valence-corrected chi connectivity index (χ0v) is 9.57. The van der Waals surface area contributed by atoms with Crippen LogP contribution in [0.1, 0.15) is 19.4 Å². The van der Waals surface area contributed by atoms with E-state index in [9.17, 15) is 5.11 Å². The van der Waals surface area contributed by atoms with Crippen LogP contribution in [0.15, 0.2) is 30.5 Å². The van der Waals surface area contributed by atoms with Crippen molar-refractivity contribution in [1.29, 1.82) is 0 Å². The topological polar surface area (TPSA) is 45.2 Å². The van der Waals surface area contributed by atoms with E-state index in [0.717, 1.165) is 22.2 Å². The molecule has 1 aromatic heterocycles. The van der Waals surface area contributed by atoms with Crippen molar-refractivity contribution in [1.82, 2.24) is 4.98 Å². The number of benzene rings is 1. The van der Waals surface area contributed by atoms with Crippen molar-refractivity contribution in [2.75, 3.05) is 5.32 Å². The lowest BCUT2D eigenvalue weighted by Crippen LogP contribution is -2.11. The number of aromatic nitrogens is 1. The number of fused-ring (bicyclic) bond motifs is 1. The molecule has 1 heterocycles. The number of anilines is 1. The quantitative estimate of drug-likeness (QED) is 0.828. The van der Waals surface area contributed by atoms with Crippen LogP contribution in [-0.2, 0) is 6.61 Å². The van der Waals surface area contributed by atoms with Gasteiger partial charge in [0.05, 0.1) is 6.61 Å². The highest BCUT2D eigenvalue weighted by molar-refractivity contribution is 5.93. The van der Waals surface area contributed by atoms with E-state index in [2.05, 4.69) is 24.1 Å². The van der Waals surface area contributed by atoms with Crippen LogP contribution in [0.3, 0.4) is 0 Å². The van der Waals surface area contributed by atoms with Crippen LogP contribution >= 0.6 is 0 Å². The first-order valence-electron chi connectivity index (χ1n) is 5.46. The molecule has 0 saturated heterocycles. The van der Waals surface area contributed by atoms with Crippen LogP contribution in [-0.4, -0.2) is 16.1 Å². The number of nitrogens with zero attached hydrogens (tertiary/aromatic N) is 1. The van der Waals surface area contributed by atoms with Gasteiger partial charge in [-0.1, -0.05) is 24.3 Å². The molecular formula is C13H16N2O. The zero-order chi connectivity index (χ0) is 11.5. The molecule has 84 valence electrons. The first kappa shape index (κ1) is 10.9. The van der Waals surface area contributed by atoms with Crippen molar-refractivity contribution in [2.45, 2.75) is 26.5 Å². The molecule has 0 unspecified atom stereocenters. The van der Waals surface area contributed by atoms with E-state index in [1.54, 1.807) is 6.20 Å². The second kappa shape index (κ2) is 4.49. The molecule has 0 spiro atoms. The van der Waals surface area contributed by atoms with Gasteiger partial charge >= 0.3 is 0 Å². The predicted molar refractivity (Wildman–Crippen MR) is 66.4 cm³/mol. The molecule has 0 radical (unpaired) electrons. The highest BCUT2D eigenvalue weighted by atomic mass is 16.3. The molecule has 16 heavy (non-hydrogen) atoms. The van der Waals surface area contributed by atoms with Gasteiger partial charge in [-0.05, 0) is 19.2 Å². The number of aliphatic hydroxyl groups excluding tert-OH is 1. The molecule has 0 aliphatic carbocycles. The molecule has 0 atom stereocenters. The first-order valence-corrected chi connectivity index (χ1v) is 5.46. The zero-order valence-electron chi connectivity index (χ0n) is 9.57. The highest BCUT2D eigenvalue weighted by Gasteiger charge is 2.06. The number of hydrogen-bond donors (Lipinski definition) is 2. The van der Waals surface area contributed by atoms with Crippen LogP contribution in [0.25, 0.3) is 10.8 Å². The Morgan fingerprint density at radius 3 is 2.56 bits per heavy atom. The van der Waals surface area contributed by atoms with Crippen LogP contribution in [0.5, 0.6) is 0 Å². The molecule has 0 bridgehead atoms. The highest BCUT2D eigenvalue weighted by Crippen LogP contribution is 2.24. The summed E-state index contributed by atoms with van der Waals surface area (Å²) in [6.07, 6.45) is 1.73. The second-order valence-electron chi connectivity index (χ2n) is 4.13. The van der Waals surface area contributed by atoms with Crippen molar-refractivity contribution < 1.29 is 5.11 Å². The lowest BCUT2D eigenvalue weighted by atomic mass is 10.1. The molecule has 2 rings (SSSR count). The fraction of sp³-hybridized carbons (Fsp3) is 0.308. The number of nitrogens with one attached hydrogen (secondary N) is 1. The Labute approximate surface area is 95.1 Å². The van der Waals surface area contributed by atoms with E-state index < -0.39 is 0 Å². The normalized spacial score (nSPS) is 11.0. The average Bonchev–Trinajstić information content (AvgIpc) is 2.29. The van der Waals surface area contributed by atoms with Crippen molar-refractivity contribution in [2.24, 2.45) is 0 Å². The Morgan fingerprint density at radius 1 is 1.25 bits per heavy atom. The molecule has 0 aliphatic heterocycles. The number of pyridine rings is 1. The number of rotatable bonds is 3. The molecule has 0 aliphatic rings. The standard InChI is InChI=1S/C13H16N2O/c1-9(2)15-13-12-6-4-3-5-11(12)10(8-16)7-14-13/h3-7,9,16H,8H2,1-2H3,(H,14,15). The summed E-state index contributed by atoms with van der Waals surface area (Å²) in [7, 11) is 0. The summed E-state index contributed by atoms with van der Waals surface area (Å²) in [6.45, 7) is 4.18. The molecule has 3 nitrogen and oxygen atoms in total. The van der Waals surface area contributed by atoms with Gasteiger partial charge in [-0.25, -0.2) is 4.98 Å². The smallest absolute Gasteiger partial charge is 0.134 e. The maximum Gasteiger partial charge on any atom is 0.134 e. The van der Waals surface area contributed by atoms with Gasteiger partial charge in [0, 0.05) is 23.2 Å². The molecule has 1 aromatic carbocycles. The Bertz CT molecular complexity index is 494. The molecule has 3 heteroatoms. The minimum Gasteiger partial charge on any atom is -0.392 e. The summed E-state index contributed by atoms with van der Waals surface area (Å²) in [5, 5.41) is 14.7. The molecule has 0 fully saturated rings. The summed E-state index contributed by atoms with van der Waals surface area (Å²) in [5.74, 6) is 0.878. The predicted octanol–water partition coefficient (Wildman–Crippen LogP) is 2.55. The Balaban J connectivity index is 2.60. The second-order valence-corrected chi connectivity index (χ2v) is 4.13. The molecule has 0 amide bonds. The average molecular weight is 216 g/mol. The van der Waals surface area contributed by atoms with Gasteiger partial charge < -0.3 is 10.4 Å². The molecule has 0 saturated carbocycles. The number of aliphatic hydroxyl groups is 1. The minimum absolute atomic E-state index is 0.0233. The maximum absolute atomic E-state index is 9.25. The monoisotopic (exact) mass is 216 g/mol. The van der Waals surface area contributed by atoms with Gasteiger partial charge in [0.2, 0.25) is 0 Å². The summed E-state index contributed by atoms with van der Waals surface area (Å²) in [4.78, 5) is 4.35. The van der Waals surface area contributed by atoms with Gasteiger partial charge in [0.25, 0.3) is 0 Å². The largest absolute Gasteiger partial charge is 0.392 e. The summed E-state index contributed by atoms with van der Waals surface area (Å²) < 4.78 is 0. The third-order valence-corrected chi connectivity index (χ3v) is 2.47. The van der Waals surface area contributed by atoms with Gasteiger partial charge in [0.1, 0.15) is 5.82 Å². The maximum atomic E-state index is 9.25. The van der Waals surface area contributed by atoms with Crippen molar-refractivity contribution in [3.05, 3.63) is 36.0 Å². The van der Waals surface area contributed by atoms with Crippen LogP contribution in [0.2, 0.25) is 0 Å². The minimum atomic E-state index is 0.0233. The van der Waals surface area contributed by atoms with E-state index in [1.807, 2.05) is 24.3 Å². The lowest BCUT2D eigenvalue weighted by molar-refractivity contribution is 0.283. The Kier molecular flexibility index (Phi) is 3.06. The van der Waals surface area contributed by atoms with Gasteiger partial charge in [-0.2, -0.15) is 0 Å². The fourth-order valence-electron chi connectivity index (χ4n) is 1.77. The van der Waals surface area contributed by atoms with Gasteiger partial charge in [-0.3, -0.25) is 0 Å². The molecule has 2 N–H and O–H groups in total. The van der Waals surface area contributed by atoms with Gasteiger partial charge in [-0.15, -0.1) is 0 Å². The summed E-state index contributed by atoms with van der Waals surface area (Å²) >= 11 is 0. The Hall–Kier alpha value is -1.61. The fourth-order valence-corrected chi connectivity index (χ4v) is 1.77.